The van der Waals surface area contributed by atoms with E-state index in [1.807, 2.05) is 52.0 Å². The molecule has 1 aromatic carbocycles. The minimum absolute atomic E-state index is 0. The lowest BCUT2D eigenvalue weighted by Crippen LogP contribution is -2.57. The fourth-order valence-corrected chi connectivity index (χ4v) is 3.41. The molecule has 156 valence electrons. The van der Waals surface area contributed by atoms with Gasteiger partial charge in [0, 0.05) is 26.2 Å². The van der Waals surface area contributed by atoms with Crippen molar-refractivity contribution in [3.63, 3.8) is 0 Å². The molecule has 0 aromatic heterocycles. The number of aliphatic hydroxyl groups is 1. The fraction of sp³-hybridized carbons (Fsp3) is 0.600. The summed E-state index contributed by atoms with van der Waals surface area (Å²) >= 11 is 0. The largest absolute Gasteiger partial charge is 0.444 e. The average Bonchev–Trinajstić information content (AvgIpc) is 3.00. The van der Waals surface area contributed by atoms with Crippen molar-refractivity contribution in [2.24, 2.45) is 4.99 Å². The van der Waals surface area contributed by atoms with Crippen LogP contribution in [0.5, 0.6) is 0 Å². The predicted molar refractivity (Wildman–Crippen MR) is 120 cm³/mol. The van der Waals surface area contributed by atoms with Gasteiger partial charge in [-0.25, -0.2) is 4.79 Å². The lowest BCUT2D eigenvalue weighted by atomic mass is 10.1. The molecule has 1 fully saturated rings. The Morgan fingerprint density at radius 3 is 2.82 bits per heavy atom. The second-order valence-electron chi connectivity index (χ2n) is 8.25. The van der Waals surface area contributed by atoms with Crippen LogP contribution >= 0.6 is 24.0 Å². The maximum atomic E-state index is 12.3. The van der Waals surface area contributed by atoms with E-state index in [4.69, 9.17) is 4.74 Å². The number of guanidine groups is 1. The Hall–Kier alpha value is -1.55. The minimum Gasteiger partial charge on any atom is -0.444 e. The summed E-state index contributed by atoms with van der Waals surface area (Å²) in [5, 5.41) is 13.7. The number of piperazine rings is 1. The molecule has 2 unspecified atom stereocenters. The van der Waals surface area contributed by atoms with Crippen LogP contribution in [0.2, 0.25) is 0 Å². The molecular weight excluding hydrogens is 471 g/mol. The maximum absolute atomic E-state index is 12.3. The van der Waals surface area contributed by atoms with Crippen molar-refractivity contribution in [2.75, 3.05) is 32.7 Å². The number of nitrogens with one attached hydrogen (secondary N) is 1. The van der Waals surface area contributed by atoms with Crippen LogP contribution in [0.4, 0.5) is 4.79 Å². The van der Waals surface area contributed by atoms with Gasteiger partial charge in [-0.2, -0.15) is 0 Å². The van der Waals surface area contributed by atoms with Crippen molar-refractivity contribution in [1.82, 2.24) is 15.1 Å². The molecule has 1 aromatic rings. The van der Waals surface area contributed by atoms with Gasteiger partial charge in [-0.1, -0.05) is 29.8 Å². The second kappa shape index (κ2) is 9.30. The highest BCUT2D eigenvalue weighted by Gasteiger charge is 2.36. The zero-order valence-electron chi connectivity index (χ0n) is 17.0. The van der Waals surface area contributed by atoms with E-state index in [0.29, 0.717) is 32.7 Å². The standard InChI is InChI=1S/C20H30N4O3.HI/c1-14-6-5-7-15(10-14)17(25)12-22-18-21-11-16-13-23(8-9-24(16)18)19(26)27-20(2,3)4;/h5-7,10,16-17,25H,8-9,11-13H2,1-4H3,(H,21,22);1H. The Balaban J connectivity index is 0.00000280. The number of fused-ring (bicyclic) bond motifs is 1. The number of hydrogen-bond acceptors (Lipinski definition) is 6. The first kappa shape index (κ1) is 22.7. The van der Waals surface area contributed by atoms with Gasteiger partial charge < -0.3 is 25.0 Å². The number of rotatable bonds is 3. The Morgan fingerprint density at radius 2 is 2.14 bits per heavy atom. The van der Waals surface area contributed by atoms with Crippen LogP contribution in [0, 0.1) is 6.92 Å². The molecule has 0 aliphatic carbocycles. The van der Waals surface area contributed by atoms with Crippen molar-refractivity contribution in [2.45, 2.75) is 45.4 Å². The zero-order chi connectivity index (χ0) is 19.6. The van der Waals surface area contributed by atoms with Crippen molar-refractivity contribution >= 4 is 36.0 Å². The molecule has 3 rings (SSSR count). The van der Waals surface area contributed by atoms with Gasteiger partial charge in [-0.05, 0) is 33.3 Å². The van der Waals surface area contributed by atoms with E-state index in [-0.39, 0.29) is 36.1 Å². The van der Waals surface area contributed by atoms with E-state index in [0.717, 1.165) is 17.1 Å². The molecule has 2 aliphatic rings. The highest BCUT2D eigenvalue weighted by molar-refractivity contribution is 14.0. The summed E-state index contributed by atoms with van der Waals surface area (Å²) in [5.74, 6) is 0.801. The topological polar surface area (TPSA) is 77.4 Å². The summed E-state index contributed by atoms with van der Waals surface area (Å²) in [6, 6.07) is 8.04. The molecule has 28 heavy (non-hydrogen) atoms. The number of aryl methyl sites for hydroxylation is 1. The summed E-state index contributed by atoms with van der Waals surface area (Å²) < 4.78 is 5.47. The van der Waals surface area contributed by atoms with Crippen LogP contribution in [0.25, 0.3) is 0 Å². The van der Waals surface area contributed by atoms with Crippen molar-refractivity contribution in [3.05, 3.63) is 35.4 Å². The monoisotopic (exact) mass is 502 g/mol. The molecular formula is C20H31IN4O3. The number of carbonyl (C=O) groups is 1. The van der Waals surface area contributed by atoms with E-state index < -0.39 is 11.7 Å². The number of aliphatic hydroxyl groups excluding tert-OH is 1. The van der Waals surface area contributed by atoms with Crippen molar-refractivity contribution in [3.8, 4) is 0 Å². The smallest absolute Gasteiger partial charge is 0.410 e. The molecule has 0 bridgehead atoms. The van der Waals surface area contributed by atoms with Gasteiger partial charge in [0.05, 0.1) is 18.7 Å². The van der Waals surface area contributed by atoms with E-state index in [2.05, 4.69) is 15.2 Å². The van der Waals surface area contributed by atoms with Crippen LogP contribution in [0.3, 0.4) is 0 Å². The Bertz CT molecular complexity index is 720. The third-order valence-electron chi connectivity index (χ3n) is 4.74. The van der Waals surface area contributed by atoms with Gasteiger partial charge in [-0.3, -0.25) is 4.99 Å². The lowest BCUT2D eigenvalue weighted by Gasteiger charge is -2.39. The van der Waals surface area contributed by atoms with Crippen LogP contribution in [0.1, 0.15) is 38.0 Å². The molecule has 8 heteroatoms. The predicted octanol–water partition coefficient (Wildman–Crippen LogP) is 2.53. The first-order valence-corrected chi connectivity index (χ1v) is 9.50. The number of hydrogen-bond donors (Lipinski definition) is 2. The van der Waals surface area contributed by atoms with Crippen molar-refractivity contribution < 1.29 is 14.6 Å². The molecule has 7 nitrogen and oxygen atoms in total. The van der Waals surface area contributed by atoms with E-state index in [1.54, 1.807) is 4.90 Å². The average molecular weight is 502 g/mol. The van der Waals surface area contributed by atoms with Crippen LogP contribution in [-0.2, 0) is 4.74 Å². The SMILES string of the molecule is Cc1cccc(C(O)CNC2=NCC3CN(C(=O)OC(C)(C)C)CCN23)c1.I. The quantitative estimate of drug-likeness (QED) is 0.622. The summed E-state index contributed by atoms with van der Waals surface area (Å²) in [5.41, 5.74) is 1.54. The first-order valence-electron chi connectivity index (χ1n) is 9.50. The Morgan fingerprint density at radius 1 is 1.39 bits per heavy atom. The van der Waals surface area contributed by atoms with Gasteiger partial charge in [0.1, 0.15) is 5.60 Å². The fourth-order valence-electron chi connectivity index (χ4n) is 3.41. The number of carbonyl (C=O) groups excluding carboxylic acids is 1. The highest BCUT2D eigenvalue weighted by atomic mass is 127. The van der Waals surface area contributed by atoms with E-state index in [1.165, 1.54) is 0 Å². The summed E-state index contributed by atoms with van der Waals surface area (Å²) in [6.07, 6.45) is -0.854. The maximum Gasteiger partial charge on any atom is 0.410 e. The number of amides is 1. The summed E-state index contributed by atoms with van der Waals surface area (Å²) in [6.45, 7) is 10.6. The molecule has 0 saturated carbocycles. The van der Waals surface area contributed by atoms with Gasteiger partial charge in [0.2, 0.25) is 0 Å². The molecule has 1 saturated heterocycles. The molecule has 0 radical (unpaired) electrons. The molecule has 2 aliphatic heterocycles. The van der Waals surface area contributed by atoms with E-state index in [9.17, 15) is 9.90 Å². The number of benzene rings is 1. The lowest BCUT2D eigenvalue weighted by molar-refractivity contribution is 0.0137. The van der Waals surface area contributed by atoms with Crippen LogP contribution in [-0.4, -0.2) is 71.3 Å². The third kappa shape index (κ3) is 5.73. The summed E-state index contributed by atoms with van der Waals surface area (Å²) in [4.78, 5) is 20.8. The molecule has 2 N–H and O–H groups in total. The molecule has 2 atom stereocenters. The second-order valence-corrected chi connectivity index (χ2v) is 8.25. The summed E-state index contributed by atoms with van der Waals surface area (Å²) in [7, 11) is 0. The van der Waals surface area contributed by atoms with Gasteiger partial charge in [-0.15, -0.1) is 24.0 Å². The zero-order valence-corrected chi connectivity index (χ0v) is 19.3. The van der Waals surface area contributed by atoms with Gasteiger partial charge >= 0.3 is 6.09 Å². The minimum atomic E-state index is -0.588. The number of halogens is 1. The van der Waals surface area contributed by atoms with Gasteiger partial charge in [0.25, 0.3) is 0 Å². The number of ether oxygens (including phenoxy) is 1. The molecule has 2 heterocycles. The molecule has 0 spiro atoms. The third-order valence-corrected chi connectivity index (χ3v) is 4.74. The molecule has 1 amide bonds. The van der Waals surface area contributed by atoms with Crippen LogP contribution < -0.4 is 5.32 Å². The number of nitrogens with zero attached hydrogens (tertiary/aromatic N) is 3. The Kier molecular flexibility index (Phi) is 7.55. The van der Waals surface area contributed by atoms with Crippen LogP contribution in [0.15, 0.2) is 29.3 Å². The number of aliphatic imine (C=N–C) groups is 1. The normalized spacial score (nSPS) is 20.0. The first-order chi connectivity index (χ1) is 12.7. The Labute approximate surface area is 184 Å². The highest BCUT2D eigenvalue weighted by Crippen LogP contribution is 2.19. The van der Waals surface area contributed by atoms with Gasteiger partial charge in [0.15, 0.2) is 5.96 Å². The van der Waals surface area contributed by atoms with Crippen molar-refractivity contribution in [1.29, 1.82) is 0 Å². The van der Waals surface area contributed by atoms with E-state index >= 15 is 0 Å².